The molecular formula is C22H26N2S. The lowest BCUT2D eigenvalue weighted by Crippen LogP contribution is -2.26. The fraction of sp³-hybridized carbons (Fsp3) is 0.409. The summed E-state index contributed by atoms with van der Waals surface area (Å²) in [6.45, 7) is 5.55. The Morgan fingerprint density at radius 3 is 2.88 bits per heavy atom. The summed E-state index contributed by atoms with van der Waals surface area (Å²) in [5.41, 5.74) is 1.40. The van der Waals surface area contributed by atoms with Crippen LogP contribution in [0.1, 0.15) is 38.2 Å². The third-order valence-corrected chi connectivity index (χ3v) is 6.26. The van der Waals surface area contributed by atoms with Gasteiger partial charge in [-0.1, -0.05) is 37.6 Å². The molecule has 0 radical (unpaired) electrons. The highest BCUT2D eigenvalue weighted by atomic mass is 32.1. The Morgan fingerprint density at radius 2 is 1.96 bits per heavy atom. The number of fused-ring (bicyclic) bond motifs is 3. The fourth-order valence-corrected chi connectivity index (χ4v) is 4.81. The van der Waals surface area contributed by atoms with Crippen LogP contribution in [0.5, 0.6) is 0 Å². The molecule has 130 valence electrons. The third-order valence-electron chi connectivity index (χ3n) is 5.11. The Balaban J connectivity index is 1.47. The van der Waals surface area contributed by atoms with Crippen LogP contribution in [0, 0.1) is 0 Å². The van der Waals surface area contributed by atoms with Gasteiger partial charge >= 0.3 is 0 Å². The molecule has 0 saturated carbocycles. The fourth-order valence-electron chi connectivity index (χ4n) is 3.73. The van der Waals surface area contributed by atoms with Crippen molar-refractivity contribution in [2.45, 2.75) is 39.0 Å². The Labute approximate surface area is 154 Å². The van der Waals surface area contributed by atoms with Gasteiger partial charge in [-0.25, -0.2) is 0 Å². The first-order valence-corrected chi connectivity index (χ1v) is 10.4. The van der Waals surface area contributed by atoms with Crippen LogP contribution in [0.15, 0.2) is 47.5 Å². The highest BCUT2D eigenvalue weighted by molar-refractivity contribution is 7.25. The van der Waals surface area contributed by atoms with E-state index in [1.165, 1.54) is 63.9 Å². The van der Waals surface area contributed by atoms with E-state index in [9.17, 15) is 0 Å². The van der Waals surface area contributed by atoms with E-state index in [-0.39, 0.29) is 0 Å². The number of likely N-dealkylation sites (tertiary alicyclic amines) is 1. The van der Waals surface area contributed by atoms with E-state index in [0.29, 0.717) is 0 Å². The molecule has 1 aliphatic rings. The predicted molar refractivity (Wildman–Crippen MR) is 111 cm³/mol. The summed E-state index contributed by atoms with van der Waals surface area (Å²) in [4.78, 5) is 7.43. The minimum absolute atomic E-state index is 0.908. The topological polar surface area (TPSA) is 15.6 Å². The van der Waals surface area contributed by atoms with Crippen LogP contribution in [0.25, 0.3) is 20.2 Å². The van der Waals surface area contributed by atoms with Gasteiger partial charge in [0.1, 0.15) is 0 Å². The molecule has 2 heterocycles. The summed E-state index contributed by atoms with van der Waals surface area (Å²) >= 11 is 1.89. The molecule has 0 spiro atoms. The normalized spacial score (nSPS) is 16.5. The summed E-state index contributed by atoms with van der Waals surface area (Å²) in [6, 6.07) is 15.7. The zero-order valence-corrected chi connectivity index (χ0v) is 15.8. The summed E-state index contributed by atoms with van der Waals surface area (Å²) in [5.74, 6) is 1.34. The van der Waals surface area contributed by atoms with E-state index in [4.69, 9.17) is 4.99 Å². The number of hydrogen-bond donors (Lipinski definition) is 0. The Hall–Kier alpha value is -1.87. The molecule has 3 heteroatoms. The zero-order chi connectivity index (χ0) is 17.1. The van der Waals surface area contributed by atoms with Crippen molar-refractivity contribution in [2.24, 2.45) is 4.99 Å². The maximum atomic E-state index is 4.93. The number of aliphatic imine (C=N–C) groups is 1. The van der Waals surface area contributed by atoms with Gasteiger partial charge in [-0.2, -0.15) is 0 Å². The molecule has 0 aliphatic carbocycles. The maximum absolute atomic E-state index is 4.93. The largest absolute Gasteiger partial charge is 0.360 e. The van der Waals surface area contributed by atoms with Gasteiger partial charge in [-0.15, -0.1) is 11.3 Å². The first-order chi connectivity index (χ1) is 12.3. The summed E-state index contributed by atoms with van der Waals surface area (Å²) < 4.78 is 2.77. The summed E-state index contributed by atoms with van der Waals surface area (Å²) in [6.07, 6.45) is 6.01. The number of benzene rings is 2. The van der Waals surface area contributed by atoms with Crippen LogP contribution in [-0.2, 0) is 6.42 Å². The Morgan fingerprint density at radius 1 is 1.08 bits per heavy atom. The minimum atomic E-state index is 0.908. The molecule has 3 aromatic rings. The maximum Gasteiger partial charge on any atom is 0.0989 e. The van der Waals surface area contributed by atoms with Gasteiger partial charge in [0.15, 0.2) is 0 Å². The van der Waals surface area contributed by atoms with Gasteiger partial charge in [0, 0.05) is 46.2 Å². The van der Waals surface area contributed by atoms with Crippen molar-refractivity contribution >= 4 is 37.3 Å². The quantitative estimate of drug-likeness (QED) is 0.541. The molecule has 0 unspecified atom stereocenters. The van der Waals surface area contributed by atoms with E-state index in [2.05, 4.69) is 54.3 Å². The number of thiophene rings is 1. The predicted octanol–water partition coefficient (Wildman–Crippen LogP) is 5.89. The number of amidine groups is 1. The molecule has 2 aromatic carbocycles. The lowest BCUT2D eigenvalue weighted by atomic mass is 10.1. The second-order valence-electron chi connectivity index (χ2n) is 6.92. The molecule has 1 saturated heterocycles. The minimum Gasteiger partial charge on any atom is -0.360 e. The molecule has 0 atom stereocenters. The van der Waals surface area contributed by atoms with Gasteiger partial charge in [0.25, 0.3) is 0 Å². The molecule has 2 nitrogen and oxygen atoms in total. The third kappa shape index (κ3) is 3.57. The number of rotatable bonds is 6. The van der Waals surface area contributed by atoms with Crippen molar-refractivity contribution in [3.05, 3.63) is 48.0 Å². The molecule has 1 aromatic heterocycles. The van der Waals surface area contributed by atoms with Crippen molar-refractivity contribution in [1.82, 2.24) is 4.90 Å². The smallest absolute Gasteiger partial charge is 0.0989 e. The number of hydrogen-bond acceptors (Lipinski definition) is 2. The second-order valence-corrected chi connectivity index (χ2v) is 8.00. The molecule has 0 amide bonds. The molecule has 25 heavy (non-hydrogen) atoms. The van der Waals surface area contributed by atoms with E-state index in [0.717, 1.165) is 19.4 Å². The van der Waals surface area contributed by atoms with E-state index in [1.54, 1.807) is 0 Å². The summed E-state index contributed by atoms with van der Waals surface area (Å²) in [7, 11) is 0. The van der Waals surface area contributed by atoms with Gasteiger partial charge in [0.2, 0.25) is 0 Å². The van der Waals surface area contributed by atoms with Crippen LogP contribution < -0.4 is 0 Å². The van der Waals surface area contributed by atoms with E-state index < -0.39 is 0 Å². The lowest BCUT2D eigenvalue weighted by Gasteiger charge is -2.18. The molecule has 1 fully saturated rings. The highest BCUT2D eigenvalue weighted by Gasteiger charge is 2.17. The van der Waals surface area contributed by atoms with Gasteiger partial charge in [-0.05, 0) is 43.0 Å². The van der Waals surface area contributed by atoms with Gasteiger partial charge in [0.05, 0.1) is 5.84 Å². The molecule has 4 rings (SSSR count). The monoisotopic (exact) mass is 350 g/mol. The lowest BCUT2D eigenvalue weighted by molar-refractivity contribution is 0.438. The molecule has 0 bridgehead atoms. The highest BCUT2D eigenvalue weighted by Crippen LogP contribution is 2.34. The average Bonchev–Trinajstić information content (AvgIpc) is 3.24. The number of nitrogens with zero attached hydrogens (tertiary/aromatic N) is 2. The number of unbranched alkanes of at least 4 members (excludes halogenated alkanes) is 1. The molecule has 1 aliphatic heterocycles. The Bertz CT molecular complexity index is 893. The van der Waals surface area contributed by atoms with Crippen molar-refractivity contribution < 1.29 is 0 Å². The van der Waals surface area contributed by atoms with Crippen LogP contribution >= 0.6 is 11.3 Å². The van der Waals surface area contributed by atoms with E-state index >= 15 is 0 Å². The van der Waals surface area contributed by atoms with Crippen LogP contribution in [0.3, 0.4) is 0 Å². The van der Waals surface area contributed by atoms with Crippen LogP contribution in [0.4, 0.5) is 0 Å². The van der Waals surface area contributed by atoms with Gasteiger partial charge in [-0.3, -0.25) is 4.99 Å². The van der Waals surface area contributed by atoms with Crippen LogP contribution in [-0.4, -0.2) is 30.4 Å². The average molecular weight is 351 g/mol. The standard InChI is InChI=1S/C22H26N2S/c1-2-3-14-24-15-6-9-22(24)23-13-12-17-10-11-21-19(16-17)18-7-4-5-8-20(18)25-21/h4-5,7-8,10-11,16H,2-3,6,9,12-15H2,1H3. The zero-order valence-electron chi connectivity index (χ0n) is 15.0. The van der Waals surface area contributed by atoms with Crippen molar-refractivity contribution in [3.63, 3.8) is 0 Å². The first kappa shape index (κ1) is 16.6. The van der Waals surface area contributed by atoms with Crippen molar-refractivity contribution in [1.29, 1.82) is 0 Å². The second kappa shape index (κ2) is 7.57. The van der Waals surface area contributed by atoms with Crippen molar-refractivity contribution in [2.75, 3.05) is 19.6 Å². The molecular weight excluding hydrogens is 324 g/mol. The van der Waals surface area contributed by atoms with Crippen molar-refractivity contribution in [3.8, 4) is 0 Å². The Kier molecular flexibility index (Phi) is 5.02. The summed E-state index contributed by atoms with van der Waals surface area (Å²) in [5, 5.41) is 2.79. The van der Waals surface area contributed by atoms with Gasteiger partial charge < -0.3 is 4.90 Å². The molecule has 0 N–H and O–H groups in total. The SMILES string of the molecule is CCCCN1CCCC1=NCCc1ccc2sc3ccccc3c2c1. The first-order valence-electron chi connectivity index (χ1n) is 9.53. The van der Waals surface area contributed by atoms with E-state index in [1.807, 2.05) is 11.3 Å². The van der Waals surface area contributed by atoms with Crippen LogP contribution in [0.2, 0.25) is 0 Å².